The fraction of sp³-hybridized carbons (Fsp3) is 0.776. The summed E-state index contributed by atoms with van der Waals surface area (Å²) in [7, 11) is 0. The van der Waals surface area contributed by atoms with E-state index >= 15 is 4.79 Å². The van der Waals surface area contributed by atoms with Crippen LogP contribution in [0.1, 0.15) is 161 Å². The van der Waals surface area contributed by atoms with Crippen molar-refractivity contribution in [3.05, 3.63) is 0 Å². The van der Waals surface area contributed by atoms with Crippen LogP contribution in [0.4, 0.5) is 38.4 Å². The summed E-state index contributed by atoms with van der Waals surface area (Å²) >= 11 is 0. The molecule has 2 N–H and O–H groups in total. The van der Waals surface area contributed by atoms with Crippen LogP contribution in [-0.4, -0.2) is 444 Å². The number of hydrogen-bond acceptors (Lipinski definition) is 18. The van der Waals surface area contributed by atoms with Crippen molar-refractivity contribution in [3.8, 4) is 0 Å². The Balaban J connectivity index is 0.516. The summed E-state index contributed by atoms with van der Waals surface area (Å²) in [6, 6.07) is -11.9. The molecule has 0 spiro atoms. The Morgan fingerprint density at radius 2 is 0.361 bits per heavy atom. The standard InChI is InChI=1S/C76H113N25O18/c1-52(103)86-35-10-43-94(86)70(113)79-28-3-19-54(79)62(105)88-37-12-45-96(88)72(115)81-30-5-21-56(81)64(107)90-39-14-47-98(90)74(117)83-32-7-23-58(83)66(109)92-41-16-49-100(92)76(119)85-34-9-25-60(85)68(111)93-42-17-50-101(93)75(118)84-33-8-24-59(84)67(110)91-40-15-48-99(91)73(116)82-31-6-22-57(82)65(108)89-38-13-46-97(89)71(114)80-29-4-20-55(80)63(106)87-36-11-44-95(87)69(112)78-27-2-18-53(78)61(104)77-26-51-102/h53-60,102H,2-51H2,1H3,(H,77,104)/t53-,54-,55-,56-,57-,58-,59-,60-/m0/s1. The summed E-state index contributed by atoms with van der Waals surface area (Å²) in [5.74, 6) is -3.96. The molecule has 16 rings (SSSR count). The van der Waals surface area contributed by atoms with Crippen molar-refractivity contribution in [1.82, 2.24) is 125 Å². The van der Waals surface area contributed by atoms with Crippen LogP contribution in [0.3, 0.4) is 0 Å². The second kappa shape index (κ2) is 34.6. The fourth-order valence-corrected chi connectivity index (χ4v) is 21.1. The summed E-state index contributed by atoms with van der Waals surface area (Å²) in [4.78, 5) is 257. The lowest BCUT2D eigenvalue weighted by atomic mass is 10.2. The summed E-state index contributed by atoms with van der Waals surface area (Å²) in [5, 5.41) is 33.6. The van der Waals surface area contributed by atoms with Gasteiger partial charge in [0.05, 0.1) is 6.61 Å². The number of likely N-dealkylation sites (tertiary alicyclic amines) is 8. The molecule has 119 heavy (non-hydrogen) atoms. The van der Waals surface area contributed by atoms with Crippen molar-refractivity contribution in [1.29, 1.82) is 0 Å². The lowest BCUT2D eigenvalue weighted by Gasteiger charge is -2.40. The fourth-order valence-electron chi connectivity index (χ4n) is 21.1. The first-order chi connectivity index (χ1) is 57.6. The zero-order valence-corrected chi connectivity index (χ0v) is 68.1. The molecule has 0 aromatic carbocycles. The normalized spacial score (nSPS) is 27.4. The van der Waals surface area contributed by atoms with Crippen LogP contribution in [0.2, 0.25) is 0 Å². The van der Waals surface area contributed by atoms with Gasteiger partial charge in [-0.15, -0.1) is 0 Å². The first-order valence-corrected chi connectivity index (χ1v) is 43.6. The monoisotopic (exact) mass is 1660 g/mol. The number of aliphatic hydroxyl groups excluding tert-OH is 1. The average Bonchev–Trinajstić information content (AvgIpc) is 1.63. The molecule has 0 radical (unpaired) electrons. The number of hydrogen-bond donors (Lipinski definition) is 2. The van der Waals surface area contributed by atoms with Gasteiger partial charge < -0.3 is 49.6 Å². The number of nitrogens with zero attached hydrogens (tertiary/aromatic N) is 24. The average molecular weight is 1660 g/mol. The second-order valence-corrected chi connectivity index (χ2v) is 33.8. The highest BCUT2D eigenvalue weighted by molar-refractivity contribution is 5.98. The van der Waals surface area contributed by atoms with Gasteiger partial charge in [0.1, 0.15) is 48.3 Å². The van der Waals surface area contributed by atoms with E-state index in [1.54, 1.807) is 0 Å². The van der Waals surface area contributed by atoms with Gasteiger partial charge in [-0.05, 0) is 154 Å². The van der Waals surface area contributed by atoms with Crippen LogP contribution in [0.25, 0.3) is 0 Å². The number of hydrazine groups is 8. The molecule has 0 aliphatic carbocycles. The minimum Gasteiger partial charge on any atom is -0.395 e. The van der Waals surface area contributed by atoms with Gasteiger partial charge in [-0.3, -0.25) is 48.2 Å². The van der Waals surface area contributed by atoms with Crippen molar-refractivity contribution in [3.63, 3.8) is 0 Å². The van der Waals surface area contributed by atoms with E-state index in [-0.39, 0.29) is 182 Å². The number of urea groups is 8. The Hall–Kier alpha value is -10.6. The van der Waals surface area contributed by atoms with Crippen molar-refractivity contribution in [2.75, 3.05) is 170 Å². The van der Waals surface area contributed by atoms with E-state index in [1.807, 2.05) is 0 Å². The summed E-state index contributed by atoms with van der Waals surface area (Å²) in [6.45, 7) is 6.15. The molecule has 16 saturated heterocycles. The predicted molar refractivity (Wildman–Crippen MR) is 411 cm³/mol. The highest BCUT2D eigenvalue weighted by atomic mass is 16.3. The number of rotatable bonds is 10. The molecule has 0 saturated carbocycles. The van der Waals surface area contributed by atoms with E-state index in [2.05, 4.69) is 5.32 Å². The lowest BCUT2D eigenvalue weighted by Crippen LogP contribution is -2.62. The molecule has 0 aromatic rings. The summed E-state index contributed by atoms with van der Waals surface area (Å²) in [6.07, 6.45) is 10.1. The van der Waals surface area contributed by atoms with Gasteiger partial charge in [0.2, 0.25) is 11.8 Å². The molecule has 16 fully saturated rings. The van der Waals surface area contributed by atoms with Gasteiger partial charge in [-0.1, -0.05) is 0 Å². The summed E-state index contributed by atoms with van der Waals surface area (Å²) in [5.41, 5.74) is 0. The number of carbonyl (C=O) groups is 17. The largest absolute Gasteiger partial charge is 0.395 e. The van der Waals surface area contributed by atoms with E-state index in [4.69, 9.17) is 0 Å². The first kappa shape index (κ1) is 82.1. The molecule has 0 unspecified atom stereocenters. The maximum absolute atomic E-state index is 15.0. The Morgan fingerprint density at radius 1 is 0.210 bits per heavy atom. The molecule has 43 nitrogen and oxygen atoms in total. The van der Waals surface area contributed by atoms with Crippen LogP contribution < -0.4 is 5.32 Å². The van der Waals surface area contributed by atoms with Gasteiger partial charge in [-0.25, -0.2) is 113 Å². The third kappa shape index (κ3) is 15.1. The van der Waals surface area contributed by atoms with E-state index in [1.165, 1.54) is 126 Å². The molecule has 650 valence electrons. The van der Waals surface area contributed by atoms with Crippen molar-refractivity contribution in [2.45, 2.75) is 209 Å². The van der Waals surface area contributed by atoms with Gasteiger partial charge in [0.15, 0.2) is 0 Å². The molecular formula is C76H113N25O18. The molecule has 16 aliphatic heterocycles. The maximum atomic E-state index is 15.0. The van der Waals surface area contributed by atoms with Crippen LogP contribution >= 0.6 is 0 Å². The van der Waals surface area contributed by atoms with Crippen LogP contribution in [0.5, 0.6) is 0 Å². The molecule has 16 heterocycles. The van der Waals surface area contributed by atoms with Gasteiger partial charge in [-0.2, -0.15) is 0 Å². The van der Waals surface area contributed by atoms with Crippen LogP contribution in [0.15, 0.2) is 0 Å². The van der Waals surface area contributed by atoms with Crippen LogP contribution in [-0.2, 0) is 43.2 Å². The SMILES string of the molecule is CC(=O)N1CCCN1C(=O)N1CCC[C@H]1C(=O)N1CCCN1C(=O)N1CCC[C@H]1C(=O)N1CCCN1C(=O)N1CCC[C@H]1C(=O)N1CCCN1C(=O)N1CCC[C@H]1C(=O)N1CCCN1C(=O)N1CCC[C@H]1C(=O)N1CCCN1C(=O)N1CCC[C@H]1C(=O)N1CCCN1C(=O)N1CCC[C@H]1C(=O)N1CCCN1C(=O)N1CCC[C@H]1C(=O)NCCO. The summed E-state index contributed by atoms with van der Waals surface area (Å²) < 4.78 is 0. The Labute approximate surface area is 689 Å². The maximum Gasteiger partial charge on any atom is 0.339 e. The van der Waals surface area contributed by atoms with Crippen LogP contribution in [0, 0.1) is 0 Å². The van der Waals surface area contributed by atoms with Gasteiger partial charge >= 0.3 is 48.2 Å². The number of nitrogens with one attached hydrogen (secondary N) is 1. The van der Waals surface area contributed by atoms with E-state index in [0.29, 0.717) is 155 Å². The molecule has 16 aliphatic rings. The van der Waals surface area contributed by atoms with E-state index < -0.39 is 138 Å². The predicted octanol–water partition coefficient (Wildman–Crippen LogP) is -0.616. The van der Waals surface area contributed by atoms with E-state index in [0.717, 1.165) is 0 Å². The molecule has 0 bridgehead atoms. The molecule has 0 aromatic heterocycles. The third-order valence-electron chi connectivity index (χ3n) is 26.9. The molecule has 8 atom stereocenters. The van der Waals surface area contributed by atoms with Crippen molar-refractivity contribution < 1.29 is 86.6 Å². The Bertz CT molecular complexity index is 3970. The Morgan fingerprint density at radius 3 is 0.538 bits per heavy atom. The molecule has 25 amide bonds. The smallest absolute Gasteiger partial charge is 0.339 e. The number of aliphatic hydroxyl groups is 1. The minimum atomic E-state index is -1.02. The molecular weight excluding hydrogens is 1550 g/mol. The quantitative estimate of drug-likeness (QED) is 0.275. The Kier molecular flexibility index (Phi) is 23.9. The van der Waals surface area contributed by atoms with Gasteiger partial charge in [0.25, 0.3) is 41.4 Å². The van der Waals surface area contributed by atoms with Gasteiger partial charge in [0, 0.05) is 171 Å². The topological polar surface area (TPSA) is 400 Å². The lowest BCUT2D eigenvalue weighted by molar-refractivity contribution is -0.149. The number of amides is 25. The highest BCUT2D eigenvalue weighted by Gasteiger charge is 2.55. The minimum absolute atomic E-state index is 0.0401. The number of carbonyl (C=O) groups excluding carboxylic acids is 17. The highest BCUT2D eigenvalue weighted by Crippen LogP contribution is 2.37. The zero-order valence-electron chi connectivity index (χ0n) is 68.1. The van der Waals surface area contributed by atoms with Crippen molar-refractivity contribution >= 4 is 101 Å². The zero-order chi connectivity index (χ0) is 83.4. The first-order valence-electron chi connectivity index (χ1n) is 43.6. The second-order valence-electron chi connectivity index (χ2n) is 33.8. The molecule has 43 heteroatoms. The van der Waals surface area contributed by atoms with E-state index in [9.17, 15) is 81.8 Å². The third-order valence-corrected chi connectivity index (χ3v) is 26.9. The van der Waals surface area contributed by atoms with Crippen molar-refractivity contribution in [2.24, 2.45) is 0 Å².